The van der Waals surface area contributed by atoms with Gasteiger partial charge in [-0.1, -0.05) is 240 Å². The third-order valence-corrected chi connectivity index (χ3v) is 14.5. The molecule has 0 aromatic rings. The van der Waals surface area contributed by atoms with Gasteiger partial charge in [-0.15, -0.1) is 0 Å². The van der Waals surface area contributed by atoms with Gasteiger partial charge in [0.1, 0.15) is 19.3 Å². The molecule has 0 heterocycles. The first-order valence-electron chi connectivity index (χ1n) is 31.6. The Labute approximate surface area is 475 Å². The molecule has 77 heavy (non-hydrogen) atoms. The Hall–Kier alpha value is -3.07. The largest absolute Gasteiger partial charge is 0.472 e. The summed E-state index contributed by atoms with van der Waals surface area (Å²) in [7, 11) is 1.46. The first-order valence-corrected chi connectivity index (χ1v) is 33.1. The fourth-order valence-corrected chi connectivity index (χ4v) is 9.38. The number of carbonyl (C=O) groups is 2. The molecule has 0 radical (unpaired) electrons. The van der Waals surface area contributed by atoms with E-state index in [-0.39, 0.29) is 31.5 Å². The van der Waals surface area contributed by atoms with Crippen molar-refractivity contribution in [1.82, 2.24) is 5.32 Å². The highest BCUT2D eigenvalue weighted by Crippen LogP contribution is 2.43. The molecule has 0 aromatic carbocycles. The molecule has 10 heteroatoms. The van der Waals surface area contributed by atoms with Crippen molar-refractivity contribution >= 4 is 19.7 Å². The summed E-state index contributed by atoms with van der Waals surface area (Å²) in [5.41, 5.74) is 0. The van der Waals surface area contributed by atoms with Crippen LogP contribution in [0.3, 0.4) is 0 Å². The number of nitrogens with one attached hydrogen (secondary N) is 1. The summed E-state index contributed by atoms with van der Waals surface area (Å²) in [6, 6.07) is -0.874. The Balaban J connectivity index is 5.37. The Kier molecular flexibility index (Phi) is 54.0. The highest BCUT2D eigenvalue weighted by Gasteiger charge is 2.30. The number of phosphoric acid groups is 1. The van der Waals surface area contributed by atoms with Crippen molar-refractivity contribution in [1.29, 1.82) is 0 Å². The van der Waals surface area contributed by atoms with Gasteiger partial charge in [0.2, 0.25) is 5.91 Å². The van der Waals surface area contributed by atoms with Crippen molar-refractivity contribution in [3.63, 3.8) is 0 Å². The molecule has 0 fully saturated rings. The number of hydrogen-bond acceptors (Lipinski definition) is 6. The van der Waals surface area contributed by atoms with Crippen molar-refractivity contribution in [2.45, 2.75) is 277 Å². The van der Waals surface area contributed by atoms with E-state index in [0.29, 0.717) is 23.9 Å². The maximum absolute atomic E-state index is 13.6. The average Bonchev–Trinajstić information content (AvgIpc) is 3.39. The number of phosphoric ester groups is 1. The van der Waals surface area contributed by atoms with Crippen molar-refractivity contribution in [3.8, 4) is 0 Å². The van der Waals surface area contributed by atoms with Crippen molar-refractivity contribution < 1.29 is 37.3 Å². The number of carbonyl (C=O) groups excluding carboxylic acids is 2. The van der Waals surface area contributed by atoms with E-state index in [0.717, 1.165) is 103 Å². The van der Waals surface area contributed by atoms with E-state index in [1.807, 2.05) is 33.3 Å². The molecule has 3 atom stereocenters. The molecule has 0 aliphatic carbocycles. The highest BCUT2D eigenvalue weighted by atomic mass is 31.2. The Morgan fingerprint density at radius 2 is 0.831 bits per heavy atom. The van der Waals surface area contributed by atoms with Gasteiger partial charge in [0.05, 0.1) is 33.8 Å². The second-order valence-corrected chi connectivity index (χ2v) is 23.6. The number of ether oxygens (including phenoxy) is 1. The van der Waals surface area contributed by atoms with Crippen LogP contribution in [-0.2, 0) is 27.9 Å². The van der Waals surface area contributed by atoms with Crippen LogP contribution in [0.4, 0.5) is 0 Å². The second-order valence-electron chi connectivity index (χ2n) is 22.2. The van der Waals surface area contributed by atoms with Crippen LogP contribution in [0.25, 0.3) is 0 Å². The molecule has 0 bridgehead atoms. The van der Waals surface area contributed by atoms with Gasteiger partial charge in [0, 0.05) is 12.8 Å². The zero-order valence-corrected chi connectivity index (χ0v) is 51.6. The SMILES string of the molecule is CC/C=C\C/C=C\C/C=C\C/C=C\C/C=C\C/C=C\CCCCC(=O)OC(/C=C/CCCCCCCCCCCCC)C(COP(=O)(O)OCC[N+](C)(C)C)NC(=O)CCCCCCCCC/C=C/CCCCCCCC. The molecule has 9 nitrogen and oxygen atoms in total. The molecule has 0 aliphatic rings. The number of quaternary nitrogens is 1. The topological polar surface area (TPSA) is 111 Å². The van der Waals surface area contributed by atoms with Crippen LogP contribution in [0, 0.1) is 0 Å². The number of rotatable bonds is 56. The third kappa shape index (κ3) is 57.4. The minimum Gasteiger partial charge on any atom is -0.456 e. The molecule has 0 saturated carbocycles. The summed E-state index contributed by atoms with van der Waals surface area (Å²) in [6.45, 7) is 6.87. The third-order valence-electron chi connectivity index (χ3n) is 13.5. The van der Waals surface area contributed by atoms with Gasteiger partial charge in [-0.05, 0) is 109 Å². The van der Waals surface area contributed by atoms with E-state index in [9.17, 15) is 19.0 Å². The molecular weight excluding hydrogens is 976 g/mol. The quantitative estimate of drug-likeness (QED) is 0.0205. The fraction of sp³-hybridized carbons (Fsp3) is 0.731. The number of nitrogens with zero attached hydrogens (tertiary/aromatic N) is 1. The summed E-state index contributed by atoms with van der Waals surface area (Å²) in [6.07, 6.45) is 75.5. The highest BCUT2D eigenvalue weighted by molar-refractivity contribution is 7.47. The van der Waals surface area contributed by atoms with Crippen LogP contribution in [0.2, 0.25) is 0 Å². The predicted molar refractivity (Wildman–Crippen MR) is 332 cm³/mol. The molecule has 0 aromatic heterocycles. The Morgan fingerprint density at radius 1 is 0.468 bits per heavy atom. The summed E-state index contributed by atoms with van der Waals surface area (Å²) < 4.78 is 30.7. The van der Waals surface area contributed by atoms with Crippen LogP contribution >= 0.6 is 7.82 Å². The zero-order valence-electron chi connectivity index (χ0n) is 50.7. The number of unbranched alkanes of at least 4 members (excludes halogenated alkanes) is 26. The summed E-state index contributed by atoms with van der Waals surface area (Å²) in [4.78, 5) is 37.7. The number of allylic oxidation sites excluding steroid dienone is 15. The van der Waals surface area contributed by atoms with Gasteiger partial charge in [0.25, 0.3) is 0 Å². The first-order chi connectivity index (χ1) is 37.4. The maximum atomic E-state index is 13.6. The van der Waals surface area contributed by atoms with Crippen LogP contribution in [0.1, 0.15) is 265 Å². The maximum Gasteiger partial charge on any atom is 0.472 e. The first kappa shape index (κ1) is 73.9. The van der Waals surface area contributed by atoms with Crippen LogP contribution in [0.15, 0.2) is 97.2 Å². The molecule has 0 rings (SSSR count). The van der Waals surface area contributed by atoms with Crippen molar-refractivity contribution in [2.75, 3.05) is 40.9 Å². The molecule has 3 unspecified atom stereocenters. The molecule has 0 aliphatic heterocycles. The summed E-state index contributed by atoms with van der Waals surface area (Å²) in [5.74, 6) is -0.562. The molecule has 2 N–H and O–H groups in total. The van der Waals surface area contributed by atoms with Crippen molar-refractivity contribution in [3.05, 3.63) is 97.2 Å². The normalized spacial score (nSPS) is 14.3. The van der Waals surface area contributed by atoms with Gasteiger partial charge < -0.3 is 19.4 Å². The minimum atomic E-state index is -4.47. The van der Waals surface area contributed by atoms with Crippen LogP contribution < -0.4 is 5.32 Å². The van der Waals surface area contributed by atoms with E-state index < -0.39 is 20.0 Å². The minimum absolute atomic E-state index is 0.0283. The predicted octanol–water partition coefficient (Wildman–Crippen LogP) is 19.6. The average molecular weight is 1100 g/mol. The smallest absolute Gasteiger partial charge is 0.456 e. The lowest BCUT2D eigenvalue weighted by atomic mass is 10.0. The van der Waals surface area contributed by atoms with Crippen LogP contribution in [0.5, 0.6) is 0 Å². The van der Waals surface area contributed by atoms with Crippen molar-refractivity contribution in [2.24, 2.45) is 0 Å². The van der Waals surface area contributed by atoms with E-state index in [4.69, 9.17) is 13.8 Å². The van der Waals surface area contributed by atoms with Gasteiger partial charge in [0.15, 0.2) is 0 Å². The molecule has 0 spiro atoms. The number of hydrogen-bond donors (Lipinski definition) is 2. The number of likely N-dealkylation sites (N-methyl/N-ethyl adjacent to an activating group) is 1. The summed E-state index contributed by atoms with van der Waals surface area (Å²) in [5, 5.41) is 3.04. The van der Waals surface area contributed by atoms with Gasteiger partial charge in [-0.2, -0.15) is 0 Å². The van der Waals surface area contributed by atoms with Crippen LogP contribution in [-0.4, -0.2) is 74.3 Å². The lowest BCUT2D eigenvalue weighted by Gasteiger charge is -2.27. The lowest BCUT2D eigenvalue weighted by Crippen LogP contribution is -2.47. The number of esters is 1. The molecule has 444 valence electrons. The Bertz CT molecular complexity index is 1640. The second kappa shape index (κ2) is 56.2. The van der Waals surface area contributed by atoms with Gasteiger partial charge in [-0.3, -0.25) is 18.6 Å². The lowest BCUT2D eigenvalue weighted by molar-refractivity contribution is -0.870. The molecule has 0 saturated heterocycles. The van der Waals surface area contributed by atoms with E-state index in [2.05, 4.69) is 111 Å². The van der Waals surface area contributed by atoms with Gasteiger partial charge in [-0.25, -0.2) is 4.57 Å². The monoisotopic (exact) mass is 1100 g/mol. The molecule has 1 amide bonds. The standard InChI is InChI=1S/C67H119N2O7P/c1-7-10-13-16-19-22-25-28-30-32-33-34-35-37-39-42-45-48-51-54-57-60-67(71)76-65(58-55-52-49-46-43-40-27-24-21-18-15-12-9-3)64(63-75-77(72,73)74-62-61-69(4,5)6)68-66(70)59-56-53-50-47-44-41-38-36-31-29-26-23-20-17-14-11-8-2/h10,13,19,22,28-31,33-34,37,39,45,48,55,58,64-65H,7-9,11-12,14-18,20-21,23-27,32,35-36,38,40-44,46-47,49-54,56-57,59-63H2,1-6H3,(H-,68,70,72,73)/p+1/b13-10-,22-19-,30-28-,31-29+,34-33-,39-37-,48-45-,58-55+. The molecular formula is C67H120N2O7P+. The Morgan fingerprint density at radius 3 is 1.27 bits per heavy atom. The van der Waals surface area contributed by atoms with E-state index >= 15 is 0 Å². The summed E-state index contributed by atoms with van der Waals surface area (Å²) >= 11 is 0. The van der Waals surface area contributed by atoms with E-state index in [1.54, 1.807) is 0 Å². The zero-order chi connectivity index (χ0) is 56.4. The fourth-order valence-electron chi connectivity index (χ4n) is 8.64. The number of amides is 1. The van der Waals surface area contributed by atoms with Gasteiger partial charge >= 0.3 is 13.8 Å². The van der Waals surface area contributed by atoms with E-state index in [1.165, 1.54) is 122 Å².